The van der Waals surface area contributed by atoms with Gasteiger partial charge in [-0.3, -0.25) is 5.41 Å². The van der Waals surface area contributed by atoms with Gasteiger partial charge in [-0.05, 0) is 45.2 Å². The molecule has 1 aliphatic rings. The minimum Gasteiger partial charge on any atom is -0.355 e. The number of aliphatic imine (C=N–C) groups is 1. The number of rotatable bonds is 2. The topological polar surface area (TPSA) is 39.5 Å². The second kappa shape index (κ2) is 4.97. The number of hydrogen-bond acceptors (Lipinski definition) is 1. The van der Waals surface area contributed by atoms with Crippen molar-refractivity contribution >= 4 is 23.2 Å². The molecule has 1 N–H and O–H groups in total. The van der Waals surface area contributed by atoms with Crippen LogP contribution in [-0.2, 0) is 0 Å². The first-order chi connectivity index (χ1) is 6.91. The predicted molar refractivity (Wildman–Crippen MR) is 65.9 cm³/mol. The number of nitrogens with one attached hydrogen (secondary N) is 1. The third kappa shape index (κ3) is 3.82. The van der Waals surface area contributed by atoms with Crippen molar-refractivity contribution in [2.24, 2.45) is 4.99 Å². The number of halogens is 1. The Balaban J connectivity index is 2.73. The van der Waals surface area contributed by atoms with Gasteiger partial charge in [0.1, 0.15) is 0 Å². The second-order valence-electron chi connectivity index (χ2n) is 5.05. The summed E-state index contributed by atoms with van der Waals surface area (Å²) in [7, 11) is 0. The monoisotopic (exact) mass is 229 g/mol. The zero-order chi connectivity index (χ0) is 11.5. The van der Waals surface area contributed by atoms with E-state index < -0.39 is 0 Å². The Morgan fingerprint density at radius 3 is 2.33 bits per heavy atom. The van der Waals surface area contributed by atoms with Gasteiger partial charge >= 0.3 is 0 Å². The van der Waals surface area contributed by atoms with Gasteiger partial charge in [0.25, 0.3) is 0 Å². The molecular formula is C11H20ClN3. The lowest BCUT2D eigenvalue weighted by Gasteiger charge is -2.38. The number of hydrogen-bond donors (Lipinski definition) is 1. The van der Waals surface area contributed by atoms with Crippen LogP contribution in [0.5, 0.6) is 0 Å². The van der Waals surface area contributed by atoms with Crippen molar-refractivity contribution in [1.29, 1.82) is 5.41 Å². The Bertz CT molecular complexity index is 249. The quantitative estimate of drug-likeness (QED) is 0.441. The lowest BCUT2D eigenvalue weighted by Crippen LogP contribution is -2.46. The molecule has 0 bridgehead atoms. The van der Waals surface area contributed by atoms with Gasteiger partial charge in [0.2, 0.25) is 5.29 Å². The standard InChI is InChI=1S/C11H20ClN3/c1-11(2,3)15(8-14-10(12)13)9-6-4-5-7-9/h8-9,13H,4-7H2,1-3H3. The van der Waals surface area contributed by atoms with E-state index in [4.69, 9.17) is 17.0 Å². The summed E-state index contributed by atoms with van der Waals surface area (Å²) in [5.41, 5.74) is 0.0465. The van der Waals surface area contributed by atoms with Crippen LogP contribution in [0.25, 0.3) is 0 Å². The van der Waals surface area contributed by atoms with E-state index >= 15 is 0 Å². The largest absolute Gasteiger partial charge is 0.355 e. The third-order valence-corrected chi connectivity index (χ3v) is 2.89. The van der Waals surface area contributed by atoms with Gasteiger partial charge in [0.15, 0.2) is 0 Å². The van der Waals surface area contributed by atoms with E-state index in [9.17, 15) is 0 Å². The fourth-order valence-electron chi connectivity index (χ4n) is 2.11. The minimum absolute atomic E-state index is 0.0465. The van der Waals surface area contributed by atoms with Crippen LogP contribution in [0.3, 0.4) is 0 Å². The first kappa shape index (κ1) is 12.5. The summed E-state index contributed by atoms with van der Waals surface area (Å²) >= 11 is 5.44. The van der Waals surface area contributed by atoms with Crippen molar-refractivity contribution in [2.75, 3.05) is 0 Å². The Labute approximate surface area is 97.0 Å². The molecule has 1 saturated carbocycles. The van der Waals surface area contributed by atoms with Crippen molar-refractivity contribution in [1.82, 2.24) is 4.90 Å². The van der Waals surface area contributed by atoms with Crippen molar-refractivity contribution in [2.45, 2.75) is 58.0 Å². The highest BCUT2D eigenvalue weighted by atomic mass is 35.5. The second-order valence-corrected chi connectivity index (χ2v) is 5.41. The molecule has 15 heavy (non-hydrogen) atoms. The number of amidine groups is 1. The molecule has 0 aliphatic heterocycles. The molecule has 0 radical (unpaired) electrons. The zero-order valence-corrected chi connectivity index (χ0v) is 10.5. The van der Waals surface area contributed by atoms with E-state index in [1.54, 1.807) is 6.34 Å². The van der Waals surface area contributed by atoms with Crippen LogP contribution < -0.4 is 0 Å². The van der Waals surface area contributed by atoms with Crippen LogP contribution in [0.1, 0.15) is 46.5 Å². The van der Waals surface area contributed by atoms with E-state index in [-0.39, 0.29) is 10.8 Å². The summed E-state index contributed by atoms with van der Waals surface area (Å²) in [6.45, 7) is 6.49. The van der Waals surface area contributed by atoms with E-state index in [0.717, 1.165) is 0 Å². The molecule has 0 unspecified atom stereocenters. The Morgan fingerprint density at radius 2 is 1.93 bits per heavy atom. The van der Waals surface area contributed by atoms with Crippen LogP contribution in [0.4, 0.5) is 0 Å². The summed E-state index contributed by atoms with van der Waals surface area (Å²) < 4.78 is 0. The molecule has 3 nitrogen and oxygen atoms in total. The van der Waals surface area contributed by atoms with Crippen LogP contribution in [0, 0.1) is 5.41 Å². The lowest BCUT2D eigenvalue weighted by molar-refractivity contribution is 0.184. The van der Waals surface area contributed by atoms with E-state index in [1.807, 2.05) is 0 Å². The smallest absolute Gasteiger partial charge is 0.216 e. The van der Waals surface area contributed by atoms with Crippen LogP contribution >= 0.6 is 11.6 Å². The van der Waals surface area contributed by atoms with E-state index in [2.05, 4.69) is 30.7 Å². The highest BCUT2D eigenvalue weighted by molar-refractivity contribution is 6.64. The molecule has 0 aromatic heterocycles. The van der Waals surface area contributed by atoms with Gasteiger partial charge in [-0.1, -0.05) is 12.8 Å². The maximum atomic E-state index is 7.10. The first-order valence-corrected chi connectivity index (χ1v) is 5.86. The fourth-order valence-corrected chi connectivity index (χ4v) is 2.15. The van der Waals surface area contributed by atoms with E-state index in [1.165, 1.54) is 25.7 Å². The molecule has 0 atom stereocenters. The molecule has 1 fully saturated rings. The van der Waals surface area contributed by atoms with Crippen molar-refractivity contribution < 1.29 is 0 Å². The SMILES string of the molecule is CC(C)(C)N(C=NC(=N)Cl)C1CCCC1. The minimum atomic E-state index is -0.151. The summed E-state index contributed by atoms with van der Waals surface area (Å²) in [5, 5.41) is 6.95. The summed E-state index contributed by atoms with van der Waals surface area (Å²) in [4.78, 5) is 6.12. The van der Waals surface area contributed by atoms with Gasteiger partial charge in [0.05, 0.1) is 6.34 Å². The molecule has 0 spiro atoms. The maximum Gasteiger partial charge on any atom is 0.216 e. The Morgan fingerprint density at radius 1 is 1.40 bits per heavy atom. The summed E-state index contributed by atoms with van der Waals surface area (Å²) in [5.74, 6) is 0. The lowest BCUT2D eigenvalue weighted by atomic mass is 10.0. The average molecular weight is 230 g/mol. The van der Waals surface area contributed by atoms with Crippen LogP contribution in [0.15, 0.2) is 4.99 Å². The summed E-state index contributed by atoms with van der Waals surface area (Å²) in [6.07, 6.45) is 6.76. The van der Waals surface area contributed by atoms with E-state index in [0.29, 0.717) is 6.04 Å². The van der Waals surface area contributed by atoms with Crippen LogP contribution in [0.2, 0.25) is 0 Å². The highest BCUT2D eigenvalue weighted by Crippen LogP contribution is 2.27. The molecule has 0 saturated heterocycles. The number of nitrogens with zero attached hydrogens (tertiary/aromatic N) is 2. The van der Waals surface area contributed by atoms with Gasteiger partial charge in [-0.25, -0.2) is 4.99 Å². The molecule has 86 valence electrons. The van der Waals surface area contributed by atoms with Crippen molar-refractivity contribution in [3.05, 3.63) is 0 Å². The van der Waals surface area contributed by atoms with Gasteiger partial charge < -0.3 is 4.90 Å². The Kier molecular flexibility index (Phi) is 4.14. The maximum absolute atomic E-state index is 7.10. The first-order valence-electron chi connectivity index (χ1n) is 5.48. The predicted octanol–water partition coefficient (Wildman–Crippen LogP) is 3.23. The van der Waals surface area contributed by atoms with Gasteiger partial charge in [-0.2, -0.15) is 0 Å². The van der Waals surface area contributed by atoms with Gasteiger partial charge in [-0.15, -0.1) is 0 Å². The van der Waals surface area contributed by atoms with Crippen molar-refractivity contribution in [3.8, 4) is 0 Å². The Hall–Kier alpha value is -0.570. The normalized spacial score (nSPS) is 18.7. The molecule has 0 aromatic rings. The molecule has 0 heterocycles. The molecular weight excluding hydrogens is 210 g/mol. The third-order valence-electron chi connectivity index (χ3n) is 2.79. The van der Waals surface area contributed by atoms with Crippen LogP contribution in [-0.4, -0.2) is 28.1 Å². The molecule has 4 heteroatoms. The molecule has 1 rings (SSSR count). The van der Waals surface area contributed by atoms with Crippen molar-refractivity contribution in [3.63, 3.8) is 0 Å². The highest BCUT2D eigenvalue weighted by Gasteiger charge is 2.28. The fraction of sp³-hybridized carbons (Fsp3) is 0.818. The summed E-state index contributed by atoms with van der Waals surface area (Å²) in [6, 6.07) is 0.560. The van der Waals surface area contributed by atoms with Gasteiger partial charge in [0, 0.05) is 11.6 Å². The molecule has 0 amide bonds. The molecule has 1 aliphatic carbocycles. The molecule has 0 aromatic carbocycles. The zero-order valence-electron chi connectivity index (χ0n) is 9.76. The average Bonchev–Trinajstić information content (AvgIpc) is 2.54.